The fraction of sp³-hybridized carbons (Fsp3) is 0.643. The predicted molar refractivity (Wildman–Crippen MR) is 80.9 cm³/mol. The first kappa shape index (κ1) is 15.0. The van der Waals surface area contributed by atoms with E-state index in [1.807, 2.05) is 20.8 Å². The van der Waals surface area contributed by atoms with Crippen LogP contribution in [0.5, 0.6) is 0 Å². The quantitative estimate of drug-likeness (QED) is 0.856. The molecule has 7 nitrogen and oxygen atoms in total. The van der Waals surface area contributed by atoms with Gasteiger partial charge in [0.05, 0.1) is 30.9 Å². The Morgan fingerprint density at radius 3 is 2.86 bits per heavy atom. The van der Waals surface area contributed by atoms with E-state index in [4.69, 9.17) is 0 Å². The van der Waals surface area contributed by atoms with Crippen molar-refractivity contribution in [1.82, 2.24) is 19.7 Å². The highest BCUT2D eigenvalue weighted by atomic mass is 19.1. The molecule has 2 atom stereocenters. The maximum Gasteiger partial charge on any atom is 0.263 e. The lowest BCUT2D eigenvalue weighted by molar-refractivity contribution is 0.255. The summed E-state index contributed by atoms with van der Waals surface area (Å²) in [7, 11) is 0. The van der Waals surface area contributed by atoms with Gasteiger partial charge >= 0.3 is 0 Å². The van der Waals surface area contributed by atoms with Crippen LogP contribution in [0.25, 0.3) is 11.0 Å². The first-order valence-corrected chi connectivity index (χ1v) is 7.31. The maximum absolute atomic E-state index is 13.6. The van der Waals surface area contributed by atoms with Gasteiger partial charge in [-0.3, -0.25) is 9.78 Å². The minimum Gasteiger partial charge on any atom is -0.394 e. The number of aromatic nitrogens is 4. The summed E-state index contributed by atoms with van der Waals surface area (Å²) in [5.74, 6) is 0.280. The molecule has 2 aromatic heterocycles. The second-order valence-corrected chi connectivity index (χ2v) is 6.68. The van der Waals surface area contributed by atoms with Gasteiger partial charge in [-0.2, -0.15) is 10.1 Å². The number of H-pyrrole nitrogens is 1. The van der Waals surface area contributed by atoms with Gasteiger partial charge < -0.3 is 10.0 Å². The van der Waals surface area contributed by atoms with E-state index in [9.17, 15) is 14.3 Å². The molecule has 120 valence electrons. The molecular weight excluding hydrogens is 289 g/mol. The van der Waals surface area contributed by atoms with Crippen molar-refractivity contribution < 1.29 is 9.50 Å². The third-order valence-electron chi connectivity index (χ3n) is 3.91. The number of nitrogens with one attached hydrogen (secondary N) is 1. The van der Waals surface area contributed by atoms with E-state index in [0.717, 1.165) is 0 Å². The SMILES string of the molecule is CC(C)(C)n1ncc2c(=O)[nH]c(N3C[C@@H](F)C[C@H]3CO)nc21. The zero-order chi connectivity index (χ0) is 16.1. The normalized spacial score (nSPS) is 22.7. The Morgan fingerprint density at radius 1 is 1.50 bits per heavy atom. The van der Waals surface area contributed by atoms with E-state index in [-0.39, 0.29) is 42.7 Å². The summed E-state index contributed by atoms with van der Waals surface area (Å²) in [6.45, 7) is 5.83. The monoisotopic (exact) mass is 309 g/mol. The average molecular weight is 309 g/mol. The number of rotatable bonds is 2. The van der Waals surface area contributed by atoms with Crippen molar-refractivity contribution in [2.75, 3.05) is 18.1 Å². The summed E-state index contributed by atoms with van der Waals surface area (Å²) >= 11 is 0. The van der Waals surface area contributed by atoms with Crippen LogP contribution in [-0.4, -0.2) is 50.2 Å². The number of aliphatic hydroxyl groups is 1. The molecule has 2 N–H and O–H groups in total. The Morgan fingerprint density at radius 2 is 2.23 bits per heavy atom. The lowest BCUT2D eigenvalue weighted by Gasteiger charge is -2.24. The van der Waals surface area contributed by atoms with Gasteiger partial charge in [0, 0.05) is 6.42 Å². The van der Waals surface area contributed by atoms with Gasteiger partial charge in [0.15, 0.2) is 5.65 Å². The Labute approximate surface area is 126 Å². The molecule has 0 aliphatic carbocycles. The molecule has 1 aliphatic rings. The van der Waals surface area contributed by atoms with Crippen molar-refractivity contribution in [3.8, 4) is 0 Å². The smallest absolute Gasteiger partial charge is 0.263 e. The summed E-state index contributed by atoms with van der Waals surface area (Å²) in [6, 6.07) is -0.374. The fourth-order valence-corrected chi connectivity index (χ4v) is 2.83. The molecule has 1 fully saturated rings. The highest BCUT2D eigenvalue weighted by Crippen LogP contribution is 2.25. The summed E-state index contributed by atoms with van der Waals surface area (Å²) in [4.78, 5) is 21.0. The molecule has 3 rings (SSSR count). The van der Waals surface area contributed by atoms with Gasteiger partial charge in [-0.15, -0.1) is 0 Å². The van der Waals surface area contributed by atoms with Gasteiger partial charge in [-0.05, 0) is 20.8 Å². The van der Waals surface area contributed by atoms with Crippen LogP contribution in [0.2, 0.25) is 0 Å². The minimum absolute atomic E-state index is 0.114. The number of aliphatic hydroxyl groups excluding tert-OH is 1. The van der Waals surface area contributed by atoms with Gasteiger partial charge in [0.1, 0.15) is 11.6 Å². The van der Waals surface area contributed by atoms with Gasteiger partial charge in [0.25, 0.3) is 5.56 Å². The molecule has 3 heterocycles. The van der Waals surface area contributed by atoms with Crippen LogP contribution in [0, 0.1) is 0 Å². The Hall–Kier alpha value is -1.96. The zero-order valence-electron chi connectivity index (χ0n) is 12.9. The van der Waals surface area contributed by atoms with Crippen LogP contribution in [0.3, 0.4) is 0 Å². The van der Waals surface area contributed by atoms with Crippen molar-refractivity contribution in [1.29, 1.82) is 0 Å². The van der Waals surface area contributed by atoms with Gasteiger partial charge in [-0.25, -0.2) is 9.07 Å². The molecule has 22 heavy (non-hydrogen) atoms. The van der Waals surface area contributed by atoms with E-state index in [1.54, 1.807) is 9.58 Å². The van der Waals surface area contributed by atoms with Crippen molar-refractivity contribution in [2.24, 2.45) is 0 Å². The number of aromatic amines is 1. The Kier molecular flexibility index (Phi) is 3.43. The number of anilines is 1. The standard InChI is InChI=1S/C14H20FN5O2/c1-14(2,3)20-11-10(5-16-20)12(22)18-13(17-11)19-6-8(15)4-9(19)7-21/h5,8-9,21H,4,6-7H2,1-3H3,(H,17,18,22)/t8-,9-/m0/s1. The Balaban J connectivity index is 2.14. The lowest BCUT2D eigenvalue weighted by atomic mass is 10.1. The zero-order valence-corrected chi connectivity index (χ0v) is 12.9. The van der Waals surface area contributed by atoms with Crippen molar-refractivity contribution >= 4 is 17.0 Å². The van der Waals surface area contributed by atoms with E-state index in [0.29, 0.717) is 11.0 Å². The highest BCUT2D eigenvalue weighted by molar-refractivity contribution is 5.74. The first-order chi connectivity index (χ1) is 10.3. The number of hydrogen-bond acceptors (Lipinski definition) is 5. The molecule has 1 aliphatic heterocycles. The summed E-state index contributed by atoms with van der Waals surface area (Å²) in [6.07, 6.45) is 0.684. The molecule has 0 spiro atoms. The molecule has 0 saturated carbocycles. The van der Waals surface area contributed by atoms with E-state index in [1.165, 1.54) is 6.20 Å². The topological polar surface area (TPSA) is 87.0 Å². The van der Waals surface area contributed by atoms with Gasteiger partial charge in [-0.1, -0.05) is 0 Å². The van der Waals surface area contributed by atoms with Crippen molar-refractivity contribution in [3.63, 3.8) is 0 Å². The Bertz CT molecular complexity index is 748. The van der Waals surface area contributed by atoms with E-state index in [2.05, 4.69) is 15.1 Å². The molecule has 0 amide bonds. The number of halogens is 1. The van der Waals surface area contributed by atoms with E-state index < -0.39 is 6.17 Å². The molecule has 0 aromatic carbocycles. The first-order valence-electron chi connectivity index (χ1n) is 7.31. The number of alkyl halides is 1. The van der Waals surface area contributed by atoms with Crippen LogP contribution in [0.15, 0.2) is 11.0 Å². The minimum atomic E-state index is -1.04. The third kappa shape index (κ3) is 2.37. The predicted octanol–water partition coefficient (Wildman–Crippen LogP) is 0.784. The van der Waals surface area contributed by atoms with Crippen LogP contribution in [0.1, 0.15) is 27.2 Å². The van der Waals surface area contributed by atoms with Crippen LogP contribution < -0.4 is 10.5 Å². The number of hydrogen-bond donors (Lipinski definition) is 2. The summed E-state index contributed by atoms with van der Waals surface area (Å²) in [5, 5.41) is 14.0. The molecule has 0 radical (unpaired) electrons. The number of nitrogens with zero attached hydrogens (tertiary/aromatic N) is 4. The van der Waals surface area contributed by atoms with Crippen molar-refractivity contribution in [3.05, 3.63) is 16.6 Å². The average Bonchev–Trinajstić information content (AvgIpc) is 3.01. The number of fused-ring (bicyclic) bond motifs is 1. The molecule has 2 aromatic rings. The summed E-state index contributed by atoms with van der Waals surface area (Å²) in [5.41, 5.74) is -0.177. The molecule has 1 saturated heterocycles. The second-order valence-electron chi connectivity index (χ2n) is 6.68. The van der Waals surface area contributed by atoms with Crippen LogP contribution in [-0.2, 0) is 5.54 Å². The van der Waals surface area contributed by atoms with Crippen molar-refractivity contribution in [2.45, 2.75) is 44.9 Å². The molecular formula is C14H20FN5O2. The fourth-order valence-electron chi connectivity index (χ4n) is 2.83. The lowest BCUT2D eigenvalue weighted by Crippen LogP contribution is -2.35. The third-order valence-corrected chi connectivity index (χ3v) is 3.91. The van der Waals surface area contributed by atoms with Crippen LogP contribution in [0.4, 0.5) is 10.3 Å². The largest absolute Gasteiger partial charge is 0.394 e. The highest BCUT2D eigenvalue weighted by Gasteiger charge is 2.33. The van der Waals surface area contributed by atoms with Gasteiger partial charge in [0.2, 0.25) is 5.95 Å². The molecule has 0 bridgehead atoms. The molecule has 8 heteroatoms. The van der Waals surface area contributed by atoms with Crippen LogP contribution >= 0.6 is 0 Å². The maximum atomic E-state index is 13.6. The van der Waals surface area contributed by atoms with E-state index >= 15 is 0 Å². The second kappa shape index (κ2) is 5.05. The molecule has 0 unspecified atom stereocenters. The summed E-state index contributed by atoms with van der Waals surface area (Å²) < 4.78 is 15.3.